The van der Waals surface area contributed by atoms with Gasteiger partial charge in [-0.2, -0.15) is 5.26 Å². The molecule has 0 fully saturated rings. The largest absolute Gasteiger partial charge is 0.494 e. The Morgan fingerprint density at radius 1 is 1.27 bits per heavy atom. The second-order valence-corrected chi connectivity index (χ2v) is 5.81. The molecule has 5 heteroatoms. The molecule has 3 rings (SSSR count). The van der Waals surface area contributed by atoms with E-state index in [4.69, 9.17) is 0 Å². The van der Waals surface area contributed by atoms with Crippen LogP contribution in [0.2, 0.25) is 0 Å². The van der Waals surface area contributed by atoms with Gasteiger partial charge in [0, 0.05) is 18.1 Å². The smallest absolute Gasteiger partial charge is 0.271 e. The van der Waals surface area contributed by atoms with Crippen molar-refractivity contribution in [3.8, 4) is 11.9 Å². The molecule has 1 heterocycles. The molecule has 128 valence electrons. The fourth-order valence-corrected chi connectivity index (χ4v) is 2.88. The summed E-state index contributed by atoms with van der Waals surface area (Å²) in [5.74, 6) is -0.226. The maximum atomic E-state index is 12.3. The van der Waals surface area contributed by atoms with Gasteiger partial charge in [-0.3, -0.25) is 14.4 Å². The summed E-state index contributed by atoms with van der Waals surface area (Å²) >= 11 is 0. The summed E-state index contributed by atoms with van der Waals surface area (Å²) < 4.78 is 1.11. The van der Waals surface area contributed by atoms with Crippen molar-refractivity contribution >= 4 is 22.7 Å². The monoisotopic (exact) mass is 343 g/mol. The van der Waals surface area contributed by atoms with Gasteiger partial charge in [0.1, 0.15) is 11.6 Å². The number of aromatic nitrogens is 1. The molecule has 0 aliphatic heterocycles. The zero-order valence-electron chi connectivity index (χ0n) is 14.3. The molecule has 0 unspecified atom stereocenters. The van der Waals surface area contributed by atoms with Gasteiger partial charge in [-0.15, -0.1) is 6.58 Å². The lowest BCUT2D eigenvalue weighted by Crippen LogP contribution is -2.24. The molecule has 0 bridgehead atoms. The highest BCUT2D eigenvalue weighted by atomic mass is 16.3. The number of nitrogens with zero attached hydrogens (tertiary/aromatic N) is 3. The minimum absolute atomic E-state index is 0.0102. The van der Waals surface area contributed by atoms with E-state index in [9.17, 15) is 15.2 Å². The van der Waals surface area contributed by atoms with Crippen LogP contribution in [0.5, 0.6) is 5.88 Å². The van der Waals surface area contributed by atoms with Crippen LogP contribution in [0, 0.1) is 18.3 Å². The van der Waals surface area contributed by atoms with Crippen molar-refractivity contribution in [2.24, 2.45) is 4.99 Å². The molecule has 0 saturated heterocycles. The standard InChI is InChI=1S/C21H17N3O2/c1-3-11-24-20(25)17(12-22)14(2)18(21(24)26)13-23-19-10-6-8-15-7-4-5-9-16(15)19/h3-10,13,26H,1,11H2,2H3. The Morgan fingerprint density at radius 3 is 2.73 bits per heavy atom. The molecule has 1 N–H and O–H groups in total. The first kappa shape index (κ1) is 17.2. The molecule has 0 spiro atoms. The molecular weight excluding hydrogens is 326 g/mol. The predicted molar refractivity (Wildman–Crippen MR) is 103 cm³/mol. The van der Waals surface area contributed by atoms with Crippen LogP contribution in [-0.4, -0.2) is 15.9 Å². The highest BCUT2D eigenvalue weighted by molar-refractivity contribution is 5.96. The van der Waals surface area contributed by atoms with Crippen molar-refractivity contribution in [2.75, 3.05) is 0 Å². The Bertz CT molecular complexity index is 1130. The number of hydrogen-bond acceptors (Lipinski definition) is 4. The summed E-state index contributed by atoms with van der Waals surface area (Å²) in [6.07, 6.45) is 2.98. The lowest BCUT2D eigenvalue weighted by atomic mass is 10.1. The fourth-order valence-electron chi connectivity index (χ4n) is 2.88. The van der Waals surface area contributed by atoms with Crippen LogP contribution in [0.1, 0.15) is 16.7 Å². The Morgan fingerprint density at radius 2 is 2.00 bits per heavy atom. The molecule has 26 heavy (non-hydrogen) atoms. The summed E-state index contributed by atoms with van der Waals surface area (Å²) in [4.78, 5) is 16.8. The number of aromatic hydroxyl groups is 1. The number of rotatable bonds is 4. The topological polar surface area (TPSA) is 78.4 Å². The van der Waals surface area contributed by atoms with E-state index in [0.29, 0.717) is 11.1 Å². The molecule has 0 radical (unpaired) electrons. The van der Waals surface area contributed by atoms with E-state index in [0.717, 1.165) is 21.0 Å². The number of fused-ring (bicyclic) bond motifs is 1. The van der Waals surface area contributed by atoms with Gasteiger partial charge in [0.2, 0.25) is 5.88 Å². The normalized spacial score (nSPS) is 10.9. The van der Waals surface area contributed by atoms with E-state index in [1.54, 1.807) is 6.92 Å². The number of hydrogen-bond donors (Lipinski definition) is 1. The quantitative estimate of drug-likeness (QED) is 0.578. The average molecular weight is 343 g/mol. The van der Waals surface area contributed by atoms with Crippen molar-refractivity contribution in [1.29, 1.82) is 5.26 Å². The first-order valence-electron chi connectivity index (χ1n) is 8.07. The van der Waals surface area contributed by atoms with Crippen LogP contribution >= 0.6 is 0 Å². The lowest BCUT2D eigenvalue weighted by molar-refractivity contribution is 0.414. The molecule has 1 aromatic heterocycles. The third-order valence-corrected chi connectivity index (χ3v) is 4.26. The number of aliphatic imine (C=N–C) groups is 1. The van der Waals surface area contributed by atoms with Crippen LogP contribution in [0.15, 0.2) is 64.9 Å². The summed E-state index contributed by atoms with van der Waals surface area (Å²) in [5, 5.41) is 21.9. The first-order chi connectivity index (χ1) is 12.6. The van der Waals surface area contributed by atoms with Crippen molar-refractivity contribution in [2.45, 2.75) is 13.5 Å². The third-order valence-electron chi connectivity index (χ3n) is 4.26. The maximum absolute atomic E-state index is 12.3. The number of nitriles is 1. The van der Waals surface area contributed by atoms with Crippen LogP contribution in [0.3, 0.4) is 0 Å². The van der Waals surface area contributed by atoms with Crippen LogP contribution < -0.4 is 5.56 Å². The summed E-state index contributed by atoms with van der Waals surface area (Å²) in [5.41, 5.74) is 0.936. The van der Waals surface area contributed by atoms with Crippen molar-refractivity contribution < 1.29 is 5.11 Å². The van der Waals surface area contributed by atoms with E-state index in [2.05, 4.69) is 11.6 Å². The van der Waals surface area contributed by atoms with Crippen LogP contribution in [-0.2, 0) is 6.54 Å². The summed E-state index contributed by atoms with van der Waals surface area (Å²) in [6.45, 7) is 5.32. The van der Waals surface area contributed by atoms with E-state index < -0.39 is 5.56 Å². The minimum Gasteiger partial charge on any atom is -0.494 e. The van der Waals surface area contributed by atoms with E-state index in [1.165, 1.54) is 12.3 Å². The first-order valence-corrected chi connectivity index (χ1v) is 8.07. The zero-order valence-corrected chi connectivity index (χ0v) is 14.3. The SMILES string of the molecule is C=CCn1c(O)c(C=Nc2cccc3ccccc23)c(C)c(C#N)c1=O. The van der Waals surface area contributed by atoms with E-state index >= 15 is 0 Å². The second kappa shape index (κ2) is 7.08. The van der Waals surface area contributed by atoms with Gasteiger partial charge < -0.3 is 5.11 Å². The Kier molecular flexibility index (Phi) is 4.68. The van der Waals surface area contributed by atoms with Crippen molar-refractivity contribution in [3.63, 3.8) is 0 Å². The molecular formula is C21H17N3O2. The molecule has 2 aromatic carbocycles. The maximum Gasteiger partial charge on any atom is 0.271 e. The Balaban J connectivity index is 2.19. The lowest BCUT2D eigenvalue weighted by Gasteiger charge is -2.12. The van der Waals surface area contributed by atoms with Gasteiger partial charge in [-0.1, -0.05) is 42.5 Å². The van der Waals surface area contributed by atoms with Gasteiger partial charge >= 0.3 is 0 Å². The molecule has 0 aliphatic rings. The third kappa shape index (κ3) is 2.89. The molecule has 0 atom stereocenters. The highest BCUT2D eigenvalue weighted by Gasteiger charge is 2.17. The number of pyridine rings is 1. The fraction of sp³-hybridized carbons (Fsp3) is 0.0952. The van der Waals surface area contributed by atoms with E-state index in [-0.39, 0.29) is 18.0 Å². The van der Waals surface area contributed by atoms with Gasteiger partial charge in [0.05, 0.1) is 11.3 Å². The van der Waals surface area contributed by atoms with E-state index in [1.807, 2.05) is 48.5 Å². The number of benzene rings is 2. The summed E-state index contributed by atoms with van der Waals surface area (Å²) in [7, 11) is 0. The second-order valence-electron chi connectivity index (χ2n) is 5.81. The Hall–Kier alpha value is -3.65. The molecule has 5 nitrogen and oxygen atoms in total. The van der Waals surface area contributed by atoms with Crippen LogP contribution in [0.4, 0.5) is 5.69 Å². The van der Waals surface area contributed by atoms with Gasteiger partial charge in [-0.25, -0.2) is 0 Å². The molecule has 3 aromatic rings. The van der Waals surface area contributed by atoms with Crippen molar-refractivity contribution in [3.05, 3.63) is 82.2 Å². The number of allylic oxidation sites excluding steroid dienone is 1. The van der Waals surface area contributed by atoms with Gasteiger partial charge in [-0.05, 0) is 23.9 Å². The highest BCUT2D eigenvalue weighted by Crippen LogP contribution is 2.27. The van der Waals surface area contributed by atoms with Crippen LogP contribution in [0.25, 0.3) is 10.8 Å². The summed E-state index contributed by atoms with van der Waals surface area (Å²) in [6, 6.07) is 15.5. The Labute approximate surface area is 150 Å². The van der Waals surface area contributed by atoms with Gasteiger partial charge in [0.15, 0.2) is 0 Å². The average Bonchev–Trinajstić information content (AvgIpc) is 2.65. The minimum atomic E-state index is -0.537. The van der Waals surface area contributed by atoms with Crippen molar-refractivity contribution in [1.82, 2.24) is 4.57 Å². The molecule has 0 saturated carbocycles. The van der Waals surface area contributed by atoms with Gasteiger partial charge in [0.25, 0.3) is 5.56 Å². The molecule has 0 amide bonds. The predicted octanol–water partition coefficient (Wildman–Crippen LogP) is 3.82. The molecule has 0 aliphatic carbocycles. The zero-order chi connectivity index (χ0) is 18.7.